The Morgan fingerprint density at radius 1 is 0.792 bits per heavy atom. The fourth-order valence-corrected chi connectivity index (χ4v) is 7.25. The van der Waals surface area contributed by atoms with E-state index in [1.54, 1.807) is 21.3 Å². The van der Waals surface area contributed by atoms with Crippen molar-refractivity contribution in [2.45, 2.75) is 88.7 Å². The van der Waals surface area contributed by atoms with E-state index >= 15 is 0 Å². The van der Waals surface area contributed by atoms with Gasteiger partial charge >= 0.3 is 0 Å². The molecule has 2 rings (SSSR count). The van der Waals surface area contributed by atoms with Crippen LogP contribution in [0.15, 0.2) is 0 Å². The van der Waals surface area contributed by atoms with E-state index in [0.717, 1.165) is 23.3 Å². The zero-order valence-corrected chi connectivity index (χ0v) is 17.9. The molecule has 24 heavy (non-hydrogen) atoms. The van der Waals surface area contributed by atoms with Crippen LogP contribution in [0.3, 0.4) is 0 Å². The minimum Gasteiger partial charge on any atom is -0.335 e. The summed E-state index contributed by atoms with van der Waals surface area (Å²) in [4.78, 5) is 0. The van der Waals surface area contributed by atoms with E-state index in [2.05, 4.69) is 6.92 Å². The van der Waals surface area contributed by atoms with Gasteiger partial charge in [-0.1, -0.05) is 64.7 Å². The molecule has 3 nitrogen and oxygen atoms in total. The number of hydrogen-bond acceptors (Lipinski definition) is 3. The van der Waals surface area contributed by atoms with E-state index in [1.807, 2.05) is 0 Å². The van der Waals surface area contributed by atoms with Crippen LogP contribution < -0.4 is 0 Å². The summed E-state index contributed by atoms with van der Waals surface area (Å²) in [6.45, 7) is 2.32. The van der Waals surface area contributed by atoms with E-state index < -0.39 is 15.1 Å². The number of unbranched alkanes of at least 4 members (excludes halogenated alkanes) is 1. The highest BCUT2D eigenvalue weighted by molar-refractivity contribution is 6.40. The number of ether oxygens (including phenoxy) is 3. The van der Waals surface area contributed by atoms with E-state index in [4.69, 9.17) is 14.2 Å². The van der Waals surface area contributed by atoms with Gasteiger partial charge in [0.05, 0.1) is 0 Å². The highest BCUT2D eigenvalue weighted by Gasteiger charge is 2.37. The average molecular weight is 357 g/mol. The normalized spacial score (nSPS) is 32.5. The van der Waals surface area contributed by atoms with E-state index in [0.29, 0.717) is 0 Å². The summed E-state index contributed by atoms with van der Waals surface area (Å²) in [6, 6.07) is 0. The Bertz CT molecular complexity index is 322. The van der Waals surface area contributed by atoms with Gasteiger partial charge in [-0.05, 0) is 36.1 Å². The minimum absolute atomic E-state index is 0.563. The molecule has 2 aliphatic rings. The van der Waals surface area contributed by atoms with Crippen molar-refractivity contribution < 1.29 is 14.2 Å². The van der Waals surface area contributed by atoms with Crippen molar-refractivity contribution in [1.29, 1.82) is 0 Å². The lowest BCUT2D eigenvalue weighted by atomic mass is 9.70. The van der Waals surface area contributed by atoms with Gasteiger partial charge in [-0.2, -0.15) is 0 Å². The predicted octanol–water partition coefficient (Wildman–Crippen LogP) is 4.68. The molecule has 0 N–H and O–H groups in total. The van der Waals surface area contributed by atoms with Gasteiger partial charge in [-0.25, -0.2) is 0 Å². The first-order valence-corrected chi connectivity index (χ1v) is 11.8. The Labute approximate surface area is 152 Å². The molecule has 4 heteroatoms. The van der Waals surface area contributed by atoms with Crippen LogP contribution >= 0.6 is 0 Å². The molecule has 0 aliphatic heterocycles. The molecule has 0 radical (unpaired) electrons. The van der Waals surface area contributed by atoms with E-state index in [1.165, 1.54) is 70.6 Å². The highest BCUT2D eigenvalue weighted by atomic mass is 28.2. The van der Waals surface area contributed by atoms with Crippen molar-refractivity contribution >= 4 is 9.52 Å². The first-order valence-electron chi connectivity index (χ1n) is 10.3. The summed E-state index contributed by atoms with van der Waals surface area (Å²) in [5.74, 6) is 3.04. The van der Waals surface area contributed by atoms with Gasteiger partial charge in [0.15, 0.2) is 0 Å². The Balaban J connectivity index is 1.71. The van der Waals surface area contributed by atoms with Crippen molar-refractivity contribution in [3.63, 3.8) is 0 Å². The molecule has 142 valence electrons. The van der Waals surface area contributed by atoms with Crippen molar-refractivity contribution in [1.82, 2.24) is 0 Å². The van der Waals surface area contributed by atoms with Crippen LogP contribution in [0.5, 0.6) is 0 Å². The molecule has 0 heterocycles. The average Bonchev–Trinajstić information content (AvgIpc) is 2.65. The zero-order chi connectivity index (χ0) is 17.4. The van der Waals surface area contributed by atoms with Crippen molar-refractivity contribution in [3.05, 3.63) is 0 Å². The molecule has 0 aromatic heterocycles. The lowest BCUT2D eigenvalue weighted by Crippen LogP contribution is -2.45. The third kappa shape index (κ3) is 5.55. The van der Waals surface area contributed by atoms with Gasteiger partial charge in [0.25, 0.3) is 0 Å². The first-order chi connectivity index (χ1) is 11.7. The van der Waals surface area contributed by atoms with Gasteiger partial charge in [-0.3, -0.25) is 0 Å². The third-order valence-corrected chi connectivity index (χ3v) is 9.65. The fraction of sp³-hybridized carbons (Fsp3) is 1.00. The summed E-state index contributed by atoms with van der Waals surface area (Å²) >= 11 is 0. The summed E-state index contributed by atoms with van der Waals surface area (Å²) in [6.07, 6.45) is 15.9. The Morgan fingerprint density at radius 2 is 1.29 bits per heavy atom. The molecule has 0 bridgehead atoms. The molecule has 0 atom stereocenters. The van der Waals surface area contributed by atoms with Crippen LogP contribution in [-0.2, 0) is 14.2 Å². The van der Waals surface area contributed by atoms with Crippen LogP contribution in [-0.4, -0.2) is 36.4 Å². The van der Waals surface area contributed by atoms with Crippen molar-refractivity contribution in [3.8, 4) is 0 Å². The lowest BCUT2D eigenvalue weighted by Gasteiger charge is -2.39. The number of rotatable bonds is 9. The molecule has 0 unspecified atom stereocenters. The van der Waals surface area contributed by atoms with Gasteiger partial charge in [0, 0.05) is 21.3 Å². The molecule has 2 aliphatic carbocycles. The summed E-state index contributed by atoms with van der Waals surface area (Å²) in [5.41, 5.74) is 0.108. The summed E-state index contributed by atoms with van der Waals surface area (Å²) in [5, 5.41) is 0. The van der Waals surface area contributed by atoms with Crippen molar-refractivity contribution in [2.24, 2.45) is 17.8 Å². The Morgan fingerprint density at radius 3 is 1.75 bits per heavy atom. The molecule has 0 amide bonds. The number of hydrogen-bond donors (Lipinski definition) is 0. The lowest BCUT2D eigenvalue weighted by molar-refractivity contribution is -0.295. The SMILES string of the molecule is CCCCC1CCC(C2CCC([SiH2]C(OC)(OC)OC)CC2)CC1. The molecule has 2 saturated carbocycles. The van der Waals surface area contributed by atoms with Gasteiger partial charge < -0.3 is 14.2 Å². The highest BCUT2D eigenvalue weighted by Crippen LogP contribution is 2.44. The van der Waals surface area contributed by atoms with Gasteiger partial charge in [0.1, 0.15) is 9.52 Å². The molecule has 0 saturated heterocycles. The van der Waals surface area contributed by atoms with Crippen LogP contribution in [0.4, 0.5) is 0 Å². The monoisotopic (exact) mass is 356 g/mol. The second-order valence-corrected chi connectivity index (χ2v) is 10.6. The maximum atomic E-state index is 5.54. The largest absolute Gasteiger partial charge is 0.335 e. The Kier molecular flexibility index (Phi) is 8.76. The smallest absolute Gasteiger partial charge is 0.248 e. The molecular weight excluding hydrogens is 316 g/mol. The van der Waals surface area contributed by atoms with Crippen LogP contribution in [0.1, 0.15) is 77.6 Å². The standard InChI is InChI=1S/C20H40O3Si/c1-5-6-7-16-8-10-17(11-9-16)18-12-14-19(15-13-18)24-20(21-2,22-3)23-4/h16-19H,5-15,24H2,1-4H3. The predicted molar refractivity (Wildman–Crippen MR) is 103 cm³/mol. The second kappa shape index (κ2) is 10.3. The molecule has 0 spiro atoms. The zero-order valence-electron chi connectivity index (χ0n) is 16.5. The molecule has 0 aromatic carbocycles. The van der Waals surface area contributed by atoms with Gasteiger partial charge in [-0.15, -0.1) is 0 Å². The van der Waals surface area contributed by atoms with E-state index in [9.17, 15) is 0 Å². The van der Waals surface area contributed by atoms with Crippen LogP contribution in [0.2, 0.25) is 5.54 Å². The first kappa shape index (κ1) is 20.4. The number of methoxy groups -OCH3 is 3. The second-order valence-electron chi connectivity index (χ2n) is 8.20. The van der Waals surface area contributed by atoms with Gasteiger partial charge in [0.2, 0.25) is 5.60 Å². The maximum Gasteiger partial charge on any atom is 0.248 e. The maximum absolute atomic E-state index is 5.54. The Hall–Kier alpha value is 0.0969. The third-order valence-electron chi connectivity index (χ3n) is 6.89. The van der Waals surface area contributed by atoms with Crippen LogP contribution in [0, 0.1) is 17.8 Å². The van der Waals surface area contributed by atoms with Crippen LogP contribution in [0.25, 0.3) is 0 Å². The topological polar surface area (TPSA) is 27.7 Å². The minimum atomic E-state index is -0.700. The molecule has 2 fully saturated rings. The van der Waals surface area contributed by atoms with Crippen molar-refractivity contribution in [2.75, 3.05) is 21.3 Å². The summed E-state index contributed by atoms with van der Waals surface area (Å²) in [7, 11) is 4.57. The summed E-state index contributed by atoms with van der Waals surface area (Å²) < 4.78 is 16.6. The molecule has 0 aromatic rings. The molecular formula is C20H40O3Si. The van der Waals surface area contributed by atoms with E-state index in [-0.39, 0.29) is 0 Å². The fourth-order valence-electron chi connectivity index (χ4n) is 5.16. The quantitative estimate of drug-likeness (QED) is 0.443.